The maximum Gasteiger partial charge on any atom is 0.259 e. The first kappa shape index (κ1) is 22.5. The fraction of sp³-hybridized carbons (Fsp3) is 0.360. The van der Waals surface area contributed by atoms with Crippen molar-refractivity contribution in [1.82, 2.24) is 10.6 Å². The van der Waals surface area contributed by atoms with Crippen LogP contribution in [0.25, 0.3) is 0 Å². The molecule has 2 aliphatic rings. The molecule has 8 heteroatoms. The van der Waals surface area contributed by atoms with Crippen molar-refractivity contribution < 1.29 is 19.2 Å². The molecule has 0 radical (unpaired) electrons. The number of primary amides is 1. The van der Waals surface area contributed by atoms with Crippen LogP contribution in [0.3, 0.4) is 0 Å². The first-order valence-corrected chi connectivity index (χ1v) is 11.3. The lowest BCUT2D eigenvalue weighted by atomic mass is 9.84. The number of nitrogens with two attached hydrogens (primary N) is 1. The van der Waals surface area contributed by atoms with Gasteiger partial charge in [0.15, 0.2) is 0 Å². The van der Waals surface area contributed by atoms with E-state index in [1.807, 2.05) is 36.4 Å². The van der Waals surface area contributed by atoms with E-state index >= 15 is 0 Å². The maximum atomic E-state index is 13.3. The van der Waals surface area contributed by atoms with Gasteiger partial charge in [-0.25, -0.2) is 0 Å². The van der Waals surface area contributed by atoms with Crippen molar-refractivity contribution in [2.24, 2.45) is 11.7 Å². The van der Waals surface area contributed by atoms with Crippen LogP contribution in [0, 0.1) is 5.92 Å². The summed E-state index contributed by atoms with van der Waals surface area (Å²) in [7, 11) is 0. The van der Waals surface area contributed by atoms with Gasteiger partial charge in [0.1, 0.15) is 6.54 Å². The van der Waals surface area contributed by atoms with E-state index < -0.39 is 11.8 Å². The number of nitrogens with one attached hydrogen (secondary N) is 2. The van der Waals surface area contributed by atoms with Crippen LogP contribution in [-0.4, -0.2) is 42.8 Å². The Hall–Kier alpha value is -3.68. The van der Waals surface area contributed by atoms with Gasteiger partial charge in [-0.2, -0.15) is 0 Å². The minimum absolute atomic E-state index is 0.204. The third-order valence-corrected chi connectivity index (χ3v) is 6.38. The molecule has 1 aliphatic heterocycles. The van der Waals surface area contributed by atoms with Crippen molar-refractivity contribution >= 4 is 29.3 Å². The van der Waals surface area contributed by atoms with Crippen molar-refractivity contribution in [3.8, 4) is 0 Å². The summed E-state index contributed by atoms with van der Waals surface area (Å²) in [5.41, 5.74) is 8.58. The van der Waals surface area contributed by atoms with Crippen LogP contribution in [-0.2, 0) is 20.8 Å². The molecule has 2 unspecified atom stereocenters. The minimum atomic E-state index is -0.442. The molecule has 0 bridgehead atoms. The van der Waals surface area contributed by atoms with Crippen LogP contribution in [0.2, 0.25) is 0 Å². The summed E-state index contributed by atoms with van der Waals surface area (Å²) >= 11 is 0. The van der Waals surface area contributed by atoms with Gasteiger partial charge in [0.2, 0.25) is 17.7 Å². The van der Waals surface area contributed by atoms with Gasteiger partial charge in [0, 0.05) is 23.7 Å². The summed E-state index contributed by atoms with van der Waals surface area (Å²) in [5.74, 6) is -1.87. The van der Waals surface area contributed by atoms with E-state index in [4.69, 9.17) is 5.73 Å². The lowest BCUT2D eigenvalue weighted by Gasteiger charge is -2.30. The maximum absolute atomic E-state index is 13.3. The minimum Gasteiger partial charge on any atom is -0.369 e. The largest absolute Gasteiger partial charge is 0.369 e. The van der Waals surface area contributed by atoms with Gasteiger partial charge >= 0.3 is 0 Å². The molecule has 0 saturated heterocycles. The number of anilines is 1. The van der Waals surface area contributed by atoms with E-state index in [1.165, 1.54) is 4.90 Å². The highest BCUT2D eigenvalue weighted by molar-refractivity contribution is 6.11. The zero-order valence-corrected chi connectivity index (χ0v) is 18.4. The Labute approximate surface area is 192 Å². The number of fused-ring (bicyclic) bond motifs is 2. The van der Waals surface area contributed by atoms with Crippen LogP contribution < -0.4 is 21.3 Å². The van der Waals surface area contributed by atoms with Crippen LogP contribution in [0.15, 0.2) is 48.5 Å². The summed E-state index contributed by atoms with van der Waals surface area (Å²) in [4.78, 5) is 51.5. The van der Waals surface area contributed by atoms with Crippen LogP contribution >= 0.6 is 0 Å². The Bertz CT molecular complexity index is 1080. The number of nitrogens with zero attached hydrogens (tertiary/aromatic N) is 1. The van der Waals surface area contributed by atoms with Gasteiger partial charge in [-0.15, -0.1) is 0 Å². The second kappa shape index (κ2) is 9.85. The predicted octanol–water partition coefficient (Wildman–Crippen LogP) is 1.51. The van der Waals surface area contributed by atoms with E-state index in [-0.39, 0.29) is 36.9 Å². The fourth-order valence-corrected chi connectivity index (χ4v) is 4.70. The topological polar surface area (TPSA) is 122 Å². The number of hydrogen-bond acceptors (Lipinski definition) is 4. The third-order valence-electron chi connectivity index (χ3n) is 6.38. The Balaban J connectivity index is 1.41. The van der Waals surface area contributed by atoms with Crippen molar-refractivity contribution in [2.45, 2.75) is 38.1 Å². The number of hydrogen-bond donors (Lipinski definition) is 3. The van der Waals surface area contributed by atoms with Crippen LogP contribution in [0.5, 0.6) is 0 Å². The van der Waals surface area contributed by atoms with Gasteiger partial charge in [0.25, 0.3) is 5.91 Å². The lowest BCUT2D eigenvalue weighted by Crippen LogP contribution is -2.50. The highest BCUT2D eigenvalue weighted by atomic mass is 16.2. The van der Waals surface area contributed by atoms with Crippen molar-refractivity contribution in [2.75, 3.05) is 18.0 Å². The van der Waals surface area contributed by atoms with Crippen LogP contribution in [0.1, 0.15) is 47.2 Å². The highest BCUT2D eigenvalue weighted by Crippen LogP contribution is 2.30. The van der Waals surface area contributed by atoms with Gasteiger partial charge in [-0.1, -0.05) is 49.2 Å². The molecule has 4 N–H and O–H groups in total. The molecule has 4 rings (SSSR count). The smallest absolute Gasteiger partial charge is 0.259 e. The van der Waals surface area contributed by atoms with Crippen molar-refractivity contribution in [3.63, 3.8) is 0 Å². The summed E-state index contributed by atoms with van der Waals surface area (Å²) < 4.78 is 0. The van der Waals surface area contributed by atoms with Gasteiger partial charge < -0.3 is 16.4 Å². The second-order valence-corrected chi connectivity index (χ2v) is 8.60. The first-order chi connectivity index (χ1) is 15.9. The molecule has 172 valence electrons. The van der Waals surface area contributed by atoms with E-state index in [0.717, 1.165) is 24.0 Å². The Morgan fingerprint density at radius 1 is 0.939 bits per heavy atom. The molecule has 1 fully saturated rings. The Kier molecular flexibility index (Phi) is 6.72. The molecule has 4 amide bonds. The van der Waals surface area contributed by atoms with E-state index in [0.29, 0.717) is 30.5 Å². The highest BCUT2D eigenvalue weighted by Gasteiger charge is 2.31. The number of carbonyl (C=O) groups is 4. The monoisotopic (exact) mass is 448 g/mol. The van der Waals surface area contributed by atoms with Crippen molar-refractivity contribution in [3.05, 3.63) is 65.2 Å². The molecule has 2 aromatic carbocycles. The fourth-order valence-electron chi connectivity index (χ4n) is 4.70. The predicted molar refractivity (Wildman–Crippen MR) is 123 cm³/mol. The number of amides is 4. The zero-order chi connectivity index (χ0) is 23.4. The summed E-state index contributed by atoms with van der Waals surface area (Å²) in [5, 5.41) is 5.42. The Morgan fingerprint density at radius 3 is 2.42 bits per heavy atom. The van der Waals surface area contributed by atoms with E-state index in [1.54, 1.807) is 12.1 Å². The molecule has 1 heterocycles. The molecule has 1 saturated carbocycles. The molecule has 8 nitrogen and oxygen atoms in total. The SMILES string of the molecule is NC(=O)C1CCCCC1NC(=O)CNC(=O)CN1C(=O)c2ccccc2Cc2ccccc21. The van der Waals surface area contributed by atoms with Gasteiger partial charge in [0.05, 0.1) is 12.5 Å². The molecule has 33 heavy (non-hydrogen) atoms. The molecule has 2 atom stereocenters. The first-order valence-electron chi connectivity index (χ1n) is 11.3. The van der Waals surface area contributed by atoms with E-state index in [9.17, 15) is 19.2 Å². The molecular formula is C25H28N4O4. The van der Waals surface area contributed by atoms with Gasteiger partial charge in [-0.3, -0.25) is 24.1 Å². The number of carbonyl (C=O) groups excluding carboxylic acids is 4. The molecule has 1 aliphatic carbocycles. The molecule has 0 spiro atoms. The molecular weight excluding hydrogens is 420 g/mol. The number of para-hydroxylation sites is 1. The summed E-state index contributed by atoms with van der Waals surface area (Å²) in [6.45, 7) is -0.439. The quantitative estimate of drug-likeness (QED) is 0.620. The third kappa shape index (κ3) is 5.05. The average Bonchev–Trinajstić information content (AvgIpc) is 2.93. The standard InChI is InChI=1S/C25H28N4O4/c26-24(32)19-10-4-5-11-20(19)28-22(30)14-27-23(31)15-29-21-12-6-2-8-17(21)13-16-7-1-3-9-18(16)25(29)33/h1-3,6-9,12,19-20H,4-5,10-11,13-15H2,(H2,26,32)(H,27,31)(H,28,30). The average molecular weight is 449 g/mol. The summed E-state index contributed by atoms with van der Waals surface area (Å²) in [6, 6.07) is 14.6. The number of benzene rings is 2. The van der Waals surface area contributed by atoms with E-state index in [2.05, 4.69) is 10.6 Å². The van der Waals surface area contributed by atoms with Crippen LogP contribution in [0.4, 0.5) is 5.69 Å². The Morgan fingerprint density at radius 2 is 1.64 bits per heavy atom. The zero-order valence-electron chi connectivity index (χ0n) is 18.4. The normalized spacial score (nSPS) is 19.6. The molecule has 2 aromatic rings. The summed E-state index contributed by atoms with van der Waals surface area (Å²) in [6.07, 6.45) is 3.77. The van der Waals surface area contributed by atoms with Gasteiger partial charge in [-0.05, 0) is 36.1 Å². The lowest BCUT2D eigenvalue weighted by molar-refractivity contribution is -0.128. The van der Waals surface area contributed by atoms with Crippen molar-refractivity contribution in [1.29, 1.82) is 0 Å². The number of rotatable bonds is 6. The molecule has 0 aromatic heterocycles. The second-order valence-electron chi connectivity index (χ2n) is 8.60.